The first-order valence-corrected chi connectivity index (χ1v) is 12.2. The van der Waals surface area contributed by atoms with E-state index in [0.29, 0.717) is 25.4 Å². The molecule has 2 aromatic rings. The number of nitrogens with one attached hydrogen (secondary N) is 2. The number of carbonyl (C=O) groups excluding carboxylic acids is 2. The molecular weight excluding hydrogens is 448 g/mol. The highest BCUT2D eigenvalue weighted by Crippen LogP contribution is 2.44. The average molecular weight is 479 g/mol. The monoisotopic (exact) mass is 478 g/mol. The van der Waals surface area contributed by atoms with Crippen LogP contribution in [0.25, 0.3) is 11.1 Å². The van der Waals surface area contributed by atoms with Crippen LogP contribution in [-0.2, 0) is 19.1 Å². The molecule has 8 heteroatoms. The lowest BCUT2D eigenvalue weighted by Crippen LogP contribution is -2.49. The van der Waals surface area contributed by atoms with Crippen LogP contribution in [0.2, 0.25) is 0 Å². The van der Waals surface area contributed by atoms with Gasteiger partial charge in [0.15, 0.2) is 6.10 Å². The van der Waals surface area contributed by atoms with Crippen molar-refractivity contribution in [1.29, 1.82) is 0 Å². The first kappa shape index (κ1) is 23.4. The van der Waals surface area contributed by atoms with Gasteiger partial charge in [-0.05, 0) is 41.0 Å². The van der Waals surface area contributed by atoms with Crippen LogP contribution in [0.15, 0.2) is 48.5 Å². The van der Waals surface area contributed by atoms with Crippen LogP contribution in [-0.4, -0.2) is 55.0 Å². The van der Waals surface area contributed by atoms with E-state index in [1.807, 2.05) is 24.3 Å². The van der Waals surface area contributed by atoms with Gasteiger partial charge in [0, 0.05) is 25.0 Å². The van der Waals surface area contributed by atoms with E-state index in [1.54, 1.807) is 0 Å². The van der Waals surface area contributed by atoms with E-state index in [4.69, 9.17) is 9.47 Å². The molecule has 184 valence electrons. The standard InChI is InChI=1S/C27H30N2O6/c30-25(28-14-17-11-12-34-24(17)26(31)32)23(13-16-9-10-16)29-27(33)35-15-22-20-7-3-1-5-18(20)19-6-2-4-8-21(19)22/h1-8,16-17,22-24H,9-15H2,(H,28,30)(H,29,33)(H,31,32)/t17-,23-,24-/m0/s1. The maximum Gasteiger partial charge on any atom is 0.407 e. The van der Waals surface area contributed by atoms with Gasteiger partial charge in [-0.25, -0.2) is 9.59 Å². The molecule has 1 saturated carbocycles. The number of benzene rings is 2. The third kappa shape index (κ3) is 5.17. The Morgan fingerprint density at radius 2 is 1.66 bits per heavy atom. The predicted molar refractivity (Wildman–Crippen MR) is 128 cm³/mol. The van der Waals surface area contributed by atoms with Gasteiger partial charge in [-0.15, -0.1) is 0 Å². The highest BCUT2D eigenvalue weighted by Gasteiger charge is 2.36. The predicted octanol–water partition coefficient (Wildman–Crippen LogP) is 3.30. The van der Waals surface area contributed by atoms with Crippen molar-refractivity contribution in [2.75, 3.05) is 19.8 Å². The number of carboxylic acid groups (broad SMARTS) is 1. The Morgan fingerprint density at radius 1 is 1.00 bits per heavy atom. The summed E-state index contributed by atoms with van der Waals surface area (Å²) in [6.07, 6.45) is 1.65. The molecule has 0 aromatic heterocycles. The third-order valence-electron chi connectivity index (χ3n) is 7.21. The molecule has 0 bridgehead atoms. The van der Waals surface area contributed by atoms with Gasteiger partial charge in [0.05, 0.1) is 0 Å². The molecule has 5 rings (SSSR count). The number of carboxylic acids is 1. The maximum atomic E-state index is 12.9. The van der Waals surface area contributed by atoms with Crippen molar-refractivity contribution in [3.63, 3.8) is 0 Å². The summed E-state index contributed by atoms with van der Waals surface area (Å²) in [5, 5.41) is 14.8. The van der Waals surface area contributed by atoms with Crippen LogP contribution in [0.5, 0.6) is 0 Å². The zero-order chi connectivity index (χ0) is 24.4. The van der Waals surface area contributed by atoms with Crippen LogP contribution in [0.3, 0.4) is 0 Å². The fraction of sp³-hybridized carbons (Fsp3) is 0.444. The molecule has 1 saturated heterocycles. The normalized spacial score (nSPS) is 21.6. The molecule has 2 amide bonds. The van der Waals surface area contributed by atoms with E-state index in [2.05, 4.69) is 34.9 Å². The number of carbonyl (C=O) groups is 3. The van der Waals surface area contributed by atoms with Gasteiger partial charge in [0.2, 0.25) is 5.91 Å². The summed E-state index contributed by atoms with van der Waals surface area (Å²) in [6.45, 7) is 0.738. The second kappa shape index (κ2) is 10.1. The molecule has 2 aliphatic carbocycles. The van der Waals surface area contributed by atoms with E-state index >= 15 is 0 Å². The molecule has 1 heterocycles. The first-order chi connectivity index (χ1) is 17.0. The lowest BCUT2D eigenvalue weighted by atomic mass is 9.98. The van der Waals surface area contributed by atoms with Crippen LogP contribution < -0.4 is 10.6 Å². The van der Waals surface area contributed by atoms with Crippen molar-refractivity contribution in [3.05, 3.63) is 59.7 Å². The van der Waals surface area contributed by atoms with E-state index in [0.717, 1.165) is 35.1 Å². The smallest absolute Gasteiger partial charge is 0.407 e. The number of alkyl carbamates (subject to hydrolysis) is 1. The second-order valence-electron chi connectivity index (χ2n) is 9.63. The van der Waals surface area contributed by atoms with E-state index in [-0.39, 0.29) is 30.9 Å². The molecule has 0 radical (unpaired) electrons. The molecule has 3 atom stereocenters. The summed E-state index contributed by atoms with van der Waals surface area (Å²) in [6, 6.07) is 15.5. The summed E-state index contributed by atoms with van der Waals surface area (Å²) < 4.78 is 10.9. The minimum atomic E-state index is -1.02. The van der Waals surface area contributed by atoms with Gasteiger partial charge < -0.3 is 25.2 Å². The molecule has 2 aromatic carbocycles. The minimum absolute atomic E-state index is 0.0563. The quantitative estimate of drug-likeness (QED) is 0.510. The molecule has 1 aliphatic heterocycles. The summed E-state index contributed by atoms with van der Waals surface area (Å²) in [5.41, 5.74) is 4.55. The number of hydrogen-bond acceptors (Lipinski definition) is 5. The van der Waals surface area contributed by atoms with Gasteiger partial charge in [-0.2, -0.15) is 0 Å². The van der Waals surface area contributed by atoms with E-state index in [9.17, 15) is 19.5 Å². The van der Waals surface area contributed by atoms with Crippen LogP contribution in [0.1, 0.15) is 42.7 Å². The summed E-state index contributed by atoms with van der Waals surface area (Å²) >= 11 is 0. The maximum absolute atomic E-state index is 12.9. The number of ether oxygens (including phenoxy) is 2. The number of aliphatic carboxylic acids is 1. The Morgan fingerprint density at radius 3 is 2.29 bits per heavy atom. The van der Waals surface area contributed by atoms with Crippen LogP contribution >= 0.6 is 0 Å². The Hall–Kier alpha value is -3.39. The van der Waals surface area contributed by atoms with Crippen LogP contribution in [0, 0.1) is 11.8 Å². The van der Waals surface area contributed by atoms with Gasteiger partial charge in [0.25, 0.3) is 0 Å². The topological polar surface area (TPSA) is 114 Å². The molecule has 0 unspecified atom stereocenters. The Balaban J connectivity index is 1.19. The van der Waals surface area contributed by atoms with Crippen molar-refractivity contribution in [2.45, 2.75) is 43.7 Å². The second-order valence-corrected chi connectivity index (χ2v) is 9.63. The third-order valence-corrected chi connectivity index (χ3v) is 7.21. The molecule has 2 fully saturated rings. The fourth-order valence-electron chi connectivity index (χ4n) is 5.17. The number of hydrogen-bond donors (Lipinski definition) is 3. The van der Waals surface area contributed by atoms with Gasteiger partial charge in [-0.3, -0.25) is 4.79 Å². The molecule has 3 aliphatic rings. The van der Waals surface area contributed by atoms with E-state index < -0.39 is 24.2 Å². The van der Waals surface area contributed by atoms with Crippen LogP contribution in [0.4, 0.5) is 4.79 Å². The van der Waals surface area contributed by atoms with Gasteiger partial charge >= 0.3 is 12.1 Å². The fourth-order valence-corrected chi connectivity index (χ4v) is 5.17. The summed E-state index contributed by atoms with van der Waals surface area (Å²) in [4.78, 5) is 36.9. The molecule has 0 spiro atoms. The highest BCUT2D eigenvalue weighted by molar-refractivity contribution is 5.86. The molecule has 3 N–H and O–H groups in total. The molecule has 35 heavy (non-hydrogen) atoms. The van der Waals surface area contributed by atoms with E-state index in [1.165, 1.54) is 0 Å². The first-order valence-electron chi connectivity index (χ1n) is 12.2. The summed E-state index contributed by atoms with van der Waals surface area (Å²) in [7, 11) is 0. The van der Waals surface area contributed by atoms with Gasteiger partial charge in [-0.1, -0.05) is 61.4 Å². The summed E-state index contributed by atoms with van der Waals surface area (Å²) in [5.74, 6) is -1.28. The van der Waals surface area contributed by atoms with Crippen molar-refractivity contribution >= 4 is 18.0 Å². The van der Waals surface area contributed by atoms with Crippen molar-refractivity contribution < 1.29 is 29.0 Å². The lowest BCUT2D eigenvalue weighted by Gasteiger charge is -2.21. The van der Waals surface area contributed by atoms with Crippen molar-refractivity contribution in [1.82, 2.24) is 10.6 Å². The van der Waals surface area contributed by atoms with Gasteiger partial charge in [0.1, 0.15) is 12.6 Å². The van der Waals surface area contributed by atoms with Crippen molar-refractivity contribution in [2.24, 2.45) is 11.8 Å². The number of rotatable bonds is 9. The minimum Gasteiger partial charge on any atom is -0.479 e. The number of amides is 2. The Labute approximate surface area is 204 Å². The Bertz CT molecular complexity index is 1070. The van der Waals surface area contributed by atoms with Crippen molar-refractivity contribution in [3.8, 4) is 11.1 Å². The lowest BCUT2D eigenvalue weighted by molar-refractivity contribution is -0.149. The highest BCUT2D eigenvalue weighted by atomic mass is 16.5. The molecular formula is C27H30N2O6. The SMILES string of the molecule is O=C(N[C@@H](CC1CC1)C(=O)NC[C@@H]1CCO[C@@H]1C(=O)O)OCC1c2ccccc2-c2ccccc21. The zero-order valence-electron chi connectivity index (χ0n) is 19.4. The Kier molecular flexibility index (Phi) is 6.72. The zero-order valence-corrected chi connectivity index (χ0v) is 19.4. The average Bonchev–Trinajstić information content (AvgIpc) is 3.45. The number of fused-ring (bicyclic) bond motifs is 3. The largest absolute Gasteiger partial charge is 0.479 e. The molecule has 8 nitrogen and oxygen atoms in total.